The first-order valence-electron chi connectivity index (χ1n) is 13.6. The van der Waals surface area contributed by atoms with Crippen LogP contribution in [0.4, 0.5) is 20.5 Å². The molecule has 0 unspecified atom stereocenters. The van der Waals surface area contributed by atoms with Crippen molar-refractivity contribution in [3.8, 4) is 10.6 Å². The number of halogens is 2. The Morgan fingerprint density at radius 3 is 2.45 bits per heavy atom. The van der Waals surface area contributed by atoms with E-state index in [9.17, 15) is 27.4 Å². The van der Waals surface area contributed by atoms with Crippen molar-refractivity contribution in [1.29, 1.82) is 0 Å². The molecule has 2 aliphatic carbocycles. The quantitative estimate of drug-likeness (QED) is 0.218. The molecular weight excluding hydrogens is 586 g/mol. The smallest absolute Gasteiger partial charge is 0.224 e. The van der Waals surface area contributed by atoms with Crippen LogP contribution in [0.5, 0.6) is 0 Å². The number of fused-ring (bicyclic) bond motifs is 1. The molecule has 2 fully saturated rings. The summed E-state index contributed by atoms with van der Waals surface area (Å²) in [6.45, 7) is 4.45. The monoisotopic (exact) mass is 616 g/mol. The van der Waals surface area contributed by atoms with Crippen molar-refractivity contribution in [3.05, 3.63) is 53.5 Å². The lowest BCUT2D eigenvalue weighted by Gasteiger charge is -2.21. The molecule has 14 heteroatoms. The Hall–Kier alpha value is -3.33. The number of nitrogens with one attached hydrogen (secondary N) is 2. The van der Waals surface area contributed by atoms with Crippen molar-refractivity contribution in [1.82, 2.24) is 19.9 Å². The van der Waals surface area contributed by atoms with Gasteiger partial charge in [0, 0.05) is 24.7 Å². The fourth-order valence-corrected chi connectivity index (χ4v) is 8.14. The lowest BCUT2D eigenvalue weighted by molar-refractivity contribution is 0.0216. The summed E-state index contributed by atoms with van der Waals surface area (Å²) in [6, 6.07) is 3.18. The highest BCUT2D eigenvalue weighted by Crippen LogP contribution is 2.39. The van der Waals surface area contributed by atoms with Gasteiger partial charge in [-0.2, -0.15) is 4.98 Å². The lowest BCUT2D eigenvalue weighted by atomic mass is 10.1. The van der Waals surface area contributed by atoms with E-state index in [2.05, 4.69) is 20.6 Å². The normalized spacial score (nSPS) is 22.5. The molecule has 2 aliphatic rings. The van der Waals surface area contributed by atoms with Crippen molar-refractivity contribution in [2.24, 2.45) is 11.8 Å². The van der Waals surface area contributed by atoms with E-state index in [0.717, 1.165) is 47.4 Å². The predicted molar refractivity (Wildman–Crippen MR) is 155 cm³/mol. The van der Waals surface area contributed by atoms with Gasteiger partial charge in [-0.05, 0) is 57.2 Å². The fourth-order valence-electron chi connectivity index (χ4n) is 5.35. The number of hydrogen-bond donors (Lipinski definition) is 4. The maximum atomic E-state index is 13.7. The number of nitrogens with zero attached hydrogens (tertiary/aromatic N) is 4. The summed E-state index contributed by atoms with van der Waals surface area (Å²) in [5.41, 5.74) is 2.81. The molecule has 42 heavy (non-hydrogen) atoms. The van der Waals surface area contributed by atoms with Gasteiger partial charge < -0.3 is 20.8 Å². The highest BCUT2D eigenvalue weighted by molar-refractivity contribution is 7.91. The summed E-state index contributed by atoms with van der Waals surface area (Å²) in [7, 11) is -4.16. The van der Waals surface area contributed by atoms with E-state index in [4.69, 9.17) is 9.97 Å². The molecular formula is C28H30F2N6O4S2. The van der Waals surface area contributed by atoms with Crippen LogP contribution in [0, 0.1) is 37.3 Å². The SMILES string of the molecule is Cc1nc(NCC2CC2)nc(N[C@@H]2C[C@H](CS(=O)(=O)c3cc(F)cc(F)c3)[C@@H](O)[C@H]2O)c1-c1nc2c(C)nccc2s1. The van der Waals surface area contributed by atoms with Gasteiger partial charge in [-0.3, -0.25) is 4.98 Å². The average molecular weight is 617 g/mol. The molecule has 2 saturated carbocycles. The van der Waals surface area contributed by atoms with Gasteiger partial charge in [-0.15, -0.1) is 11.3 Å². The Kier molecular flexibility index (Phi) is 7.58. The summed E-state index contributed by atoms with van der Waals surface area (Å²) >= 11 is 1.45. The first-order chi connectivity index (χ1) is 20.0. The van der Waals surface area contributed by atoms with E-state index in [0.29, 0.717) is 40.0 Å². The number of thiazole rings is 1. The van der Waals surface area contributed by atoms with E-state index >= 15 is 0 Å². The number of aliphatic hydroxyl groups excluding tert-OH is 2. The predicted octanol–water partition coefficient (Wildman–Crippen LogP) is 3.86. The maximum Gasteiger partial charge on any atom is 0.224 e. The Morgan fingerprint density at radius 1 is 1.02 bits per heavy atom. The second kappa shape index (κ2) is 11.1. The van der Waals surface area contributed by atoms with Crippen LogP contribution in [-0.4, -0.2) is 69.1 Å². The van der Waals surface area contributed by atoms with Crippen LogP contribution in [-0.2, 0) is 9.84 Å². The largest absolute Gasteiger partial charge is 0.390 e. The van der Waals surface area contributed by atoms with Crippen molar-refractivity contribution in [2.75, 3.05) is 22.9 Å². The highest BCUT2D eigenvalue weighted by Gasteiger charge is 2.44. The number of pyridine rings is 1. The molecule has 10 nitrogen and oxygen atoms in total. The fraction of sp³-hybridized carbons (Fsp3) is 0.429. The Balaban J connectivity index is 1.30. The number of sulfone groups is 1. The van der Waals surface area contributed by atoms with Gasteiger partial charge in [0.15, 0.2) is 9.84 Å². The minimum absolute atomic E-state index is 0.0650. The molecule has 0 radical (unpaired) electrons. The van der Waals surface area contributed by atoms with Crippen LogP contribution >= 0.6 is 11.3 Å². The molecule has 4 atom stereocenters. The van der Waals surface area contributed by atoms with Crippen molar-refractivity contribution in [3.63, 3.8) is 0 Å². The Morgan fingerprint density at radius 2 is 1.76 bits per heavy atom. The third kappa shape index (κ3) is 5.80. The molecule has 222 valence electrons. The maximum absolute atomic E-state index is 13.7. The zero-order valence-electron chi connectivity index (χ0n) is 22.9. The molecule has 3 heterocycles. The van der Waals surface area contributed by atoms with Gasteiger partial charge in [0.1, 0.15) is 34.1 Å². The summed E-state index contributed by atoms with van der Waals surface area (Å²) < 4.78 is 54.4. The number of aliphatic hydroxyl groups is 2. The summed E-state index contributed by atoms with van der Waals surface area (Å²) in [4.78, 5) is 18.0. The van der Waals surface area contributed by atoms with E-state index in [1.807, 2.05) is 19.9 Å². The number of anilines is 2. The van der Waals surface area contributed by atoms with Gasteiger partial charge in [0.05, 0.1) is 44.4 Å². The van der Waals surface area contributed by atoms with Crippen LogP contribution in [0.2, 0.25) is 0 Å². The minimum atomic E-state index is -4.16. The first kappa shape index (κ1) is 28.8. The Labute approximate surface area is 245 Å². The van der Waals surface area contributed by atoms with Crippen LogP contribution in [0.1, 0.15) is 30.7 Å². The first-order valence-corrected chi connectivity index (χ1v) is 16.1. The zero-order chi connectivity index (χ0) is 29.8. The third-order valence-corrected chi connectivity index (χ3v) is 10.7. The van der Waals surface area contributed by atoms with E-state index in [1.54, 1.807) is 6.20 Å². The van der Waals surface area contributed by atoms with Crippen molar-refractivity contribution in [2.45, 2.75) is 56.3 Å². The van der Waals surface area contributed by atoms with Gasteiger partial charge in [-0.25, -0.2) is 27.2 Å². The van der Waals surface area contributed by atoms with Gasteiger partial charge >= 0.3 is 0 Å². The molecule has 0 bridgehead atoms. The molecule has 6 rings (SSSR count). The molecule has 0 aliphatic heterocycles. The molecule has 0 saturated heterocycles. The summed E-state index contributed by atoms with van der Waals surface area (Å²) in [5.74, 6) is -2.16. The second-order valence-electron chi connectivity index (χ2n) is 11.1. The van der Waals surface area contributed by atoms with Crippen LogP contribution in [0.25, 0.3) is 20.8 Å². The van der Waals surface area contributed by atoms with Crippen molar-refractivity contribution < 1.29 is 27.4 Å². The van der Waals surface area contributed by atoms with E-state index < -0.39 is 56.3 Å². The van der Waals surface area contributed by atoms with E-state index in [-0.39, 0.29) is 6.42 Å². The van der Waals surface area contributed by atoms with Crippen LogP contribution in [0.3, 0.4) is 0 Å². The van der Waals surface area contributed by atoms with Crippen molar-refractivity contribution >= 4 is 43.2 Å². The second-order valence-corrected chi connectivity index (χ2v) is 14.1. The van der Waals surface area contributed by atoms with Gasteiger partial charge in [-0.1, -0.05) is 0 Å². The minimum Gasteiger partial charge on any atom is -0.390 e. The van der Waals surface area contributed by atoms with Crippen LogP contribution in [0.15, 0.2) is 35.4 Å². The zero-order valence-corrected chi connectivity index (χ0v) is 24.5. The number of aryl methyl sites for hydroxylation is 2. The highest BCUT2D eigenvalue weighted by atomic mass is 32.2. The van der Waals surface area contributed by atoms with Gasteiger partial charge in [0.25, 0.3) is 0 Å². The average Bonchev–Trinajstić information content (AvgIpc) is 3.60. The lowest BCUT2D eigenvalue weighted by Crippen LogP contribution is -2.36. The molecule has 4 aromatic rings. The van der Waals surface area contributed by atoms with E-state index in [1.165, 1.54) is 11.3 Å². The van der Waals surface area contributed by atoms with Gasteiger partial charge in [0.2, 0.25) is 5.95 Å². The molecule has 0 spiro atoms. The molecule has 4 N–H and O–H groups in total. The summed E-state index contributed by atoms with van der Waals surface area (Å²) in [5, 5.41) is 29.0. The topological polar surface area (TPSA) is 150 Å². The standard InChI is InChI=1S/C28H30F2N6O4S2/c1-13-22(27-35-23-14(2)31-6-5-21(23)41-27)26(36-28(33-13)32-11-15-3-4-15)34-20-7-16(24(37)25(20)38)12-42(39,40)19-9-17(29)8-18(30)10-19/h5-6,8-10,15-16,20,24-25,37-38H,3-4,7,11-12H2,1-2H3,(H2,32,33,34,36)/t16-,20-,24-,25+/m1/s1. The van der Waals surface area contributed by atoms with Crippen LogP contribution < -0.4 is 10.6 Å². The third-order valence-electron chi connectivity index (χ3n) is 7.79. The number of benzene rings is 1. The number of hydrogen-bond acceptors (Lipinski definition) is 11. The molecule has 1 aromatic carbocycles. The number of rotatable bonds is 9. The summed E-state index contributed by atoms with van der Waals surface area (Å²) in [6.07, 6.45) is 1.35. The number of aromatic nitrogens is 4. The molecule has 3 aromatic heterocycles. The Bertz CT molecular complexity index is 1740. The molecule has 0 amide bonds.